The van der Waals surface area contributed by atoms with Crippen LogP contribution in [0.5, 0.6) is 0 Å². The molecule has 2 aromatic rings. The minimum absolute atomic E-state index is 0.130. The van der Waals surface area contributed by atoms with E-state index in [4.69, 9.17) is 4.42 Å². The van der Waals surface area contributed by atoms with Gasteiger partial charge in [-0.1, -0.05) is 12.1 Å². The highest BCUT2D eigenvalue weighted by Crippen LogP contribution is 2.13. The molecule has 5 heteroatoms. The fraction of sp³-hybridized carbons (Fsp3) is 0.250. The number of carbonyl (C=O) groups is 2. The van der Waals surface area contributed by atoms with Crippen LogP contribution in [0.15, 0.2) is 34.7 Å². The summed E-state index contributed by atoms with van der Waals surface area (Å²) in [7, 11) is 1.59. The average Bonchev–Trinajstić information content (AvgIpc) is 2.83. The van der Waals surface area contributed by atoms with E-state index in [-0.39, 0.29) is 11.8 Å². The van der Waals surface area contributed by atoms with Gasteiger partial charge in [0.25, 0.3) is 11.8 Å². The van der Waals surface area contributed by atoms with Crippen LogP contribution in [0, 0.1) is 13.8 Å². The van der Waals surface area contributed by atoms with Gasteiger partial charge in [0, 0.05) is 19.2 Å². The molecule has 0 bridgehead atoms. The van der Waals surface area contributed by atoms with Crippen LogP contribution in [0.25, 0.3) is 0 Å². The third kappa shape index (κ3) is 3.51. The van der Waals surface area contributed by atoms with E-state index in [0.29, 0.717) is 29.2 Å². The summed E-state index contributed by atoms with van der Waals surface area (Å²) in [5.74, 6) is 1.03. The molecule has 0 fully saturated rings. The molecular weight excluding hydrogens is 268 g/mol. The number of aryl methyl sites for hydroxylation is 2. The van der Waals surface area contributed by atoms with Crippen LogP contribution >= 0.6 is 0 Å². The maximum Gasteiger partial charge on any atom is 0.255 e. The van der Waals surface area contributed by atoms with E-state index in [9.17, 15) is 9.59 Å². The lowest BCUT2D eigenvalue weighted by Gasteiger charge is -2.05. The molecule has 2 amide bonds. The second kappa shape index (κ2) is 6.26. The van der Waals surface area contributed by atoms with Crippen molar-refractivity contribution in [3.63, 3.8) is 0 Å². The predicted octanol–water partition coefficient (Wildman–Crippen LogP) is 2.19. The molecule has 110 valence electrons. The van der Waals surface area contributed by atoms with Crippen LogP contribution in [0.4, 0.5) is 0 Å². The molecule has 0 aliphatic heterocycles. The van der Waals surface area contributed by atoms with Crippen molar-refractivity contribution in [2.75, 3.05) is 7.05 Å². The van der Waals surface area contributed by atoms with Crippen molar-refractivity contribution in [2.24, 2.45) is 0 Å². The summed E-state index contributed by atoms with van der Waals surface area (Å²) in [4.78, 5) is 23.5. The van der Waals surface area contributed by atoms with Gasteiger partial charge in [-0.05, 0) is 37.6 Å². The lowest BCUT2D eigenvalue weighted by Crippen LogP contribution is -2.23. The van der Waals surface area contributed by atoms with Gasteiger partial charge in [-0.3, -0.25) is 9.59 Å². The van der Waals surface area contributed by atoms with Crippen LogP contribution in [-0.4, -0.2) is 18.9 Å². The quantitative estimate of drug-likeness (QED) is 0.905. The summed E-state index contributed by atoms with van der Waals surface area (Å²) in [6, 6.07) is 8.82. The average molecular weight is 286 g/mol. The van der Waals surface area contributed by atoms with E-state index in [1.165, 1.54) is 0 Å². The van der Waals surface area contributed by atoms with Crippen LogP contribution in [-0.2, 0) is 6.54 Å². The molecule has 2 N–H and O–H groups in total. The molecule has 1 aromatic carbocycles. The summed E-state index contributed by atoms with van der Waals surface area (Å²) >= 11 is 0. The second-order valence-electron chi connectivity index (χ2n) is 4.79. The SMILES string of the molecule is CNC(=O)c1ccc(CNC(=O)c2cc(C)oc2C)cc1. The Balaban J connectivity index is 1.98. The van der Waals surface area contributed by atoms with E-state index < -0.39 is 0 Å². The van der Waals surface area contributed by atoms with E-state index in [1.807, 2.05) is 12.1 Å². The Morgan fingerprint density at radius 1 is 1.10 bits per heavy atom. The molecule has 0 saturated heterocycles. The van der Waals surface area contributed by atoms with Crippen LogP contribution in [0.2, 0.25) is 0 Å². The number of nitrogens with one attached hydrogen (secondary N) is 2. The van der Waals surface area contributed by atoms with Crippen LogP contribution < -0.4 is 10.6 Å². The van der Waals surface area contributed by atoms with E-state index in [0.717, 1.165) is 5.56 Å². The first-order valence-corrected chi connectivity index (χ1v) is 6.67. The summed E-state index contributed by atoms with van der Waals surface area (Å²) in [5, 5.41) is 5.39. The van der Waals surface area contributed by atoms with E-state index in [2.05, 4.69) is 10.6 Å². The van der Waals surface area contributed by atoms with Gasteiger partial charge in [0.15, 0.2) is 0 Å². The summed E-state index contributed by atoms with van der Waals surface area (Å²) in [6.07, 6.45) is 0. The third-order valence-electron chi connectivity index (χ3n) is 3.18. The molecule has 0 saturated carbocycles. The van der Waals surface area contributed by atoms with Crippen molar-refractivity contribution >= 4 is 11.8 Å². The van der Waals surface area contributed by atoms with Crippen molar-refractivity contribution < 1.29 is 14.0 Å². The topological polar surface area (TPSA) is 71.3 Å². The van der Waals surface area contributed by atoms with Gasteiger partial charge in [0.1, 0.15) is 11.5 Å². The zero-order valence-corrected chi connectivity index (χ0v) is 12.3. The molecule has 0 unspecified atom stereocenters. The molecule has 5 nitrogen and oxygen atoms in total. The van der Waals surface area contributed by atoms with Crippen molar-refractivity contribution in [3.05, 3.63) is 58.5 Å². The Bertz CT molecular complexity index is 657. The Labute approximate surface area is 123 Å². The minimum atomic E-state index is -0.167. The Morgan fingerprint density at radius 2 is 1.76 bits per heavy atom. The largest absolute Gasteiger partial charge is 0.466 e. The van der Waals surface area contributed by atoms with E-state index >= 15 is 0 Å². The number of amides is 2. The lowest BCUT2D eigenvalue weighted by molar-refractivity contribution is 0.0944. The number of hydrogen-bond donors (Lipinski definition) is 2. The molecular formula is C16H18N2O3. The molecule has 1 aromatic heterocycles. The molecule has 2 rings (SSSR count). The van der Waals surface area contributed by atoms with E-state index in [1.54, 1.807) is 39.1 Å². The normalized spacial score (nSPS) is 10.2. The number of rotatable bonds is 4. The lowest BCUT2D eigenvalue weighted by atomic mass is 10.1. The molecule has 0 radical (unpaired) electrons. The van der Waals surface area contributed by atoms with Gasteiger partial charge in [-0.2, -0.15) is 0 Å². The maximum absolute atomic E-state index is 12.0. The van der Waals surface area contributed by atoms with Gasteiger partial charge >= 0.3 is 0 Å². The fourth-order valence-corrected chi connectivity index (χ4v) is 2.05. The van der Waals surface area contributed by atoms with Crippen molar-refractivity contribution in [2.45, 2.75) is 20.4 Å². The first kappa shape index (κ1) is 14.8. The number of carbonyl (C=O) groups excluding carboxylic acids is 2. The van der Waals surface area contributed by atoms with Gasteiger partial charge in [-0.15, -0.1) is 0 Å². The first-order chi connectivity index (χ1) is 10.0. The smallest absolute Gasteiger partial charge is 0.255 e. The molecule has 0 atom stereocenters. The molecule has 1 heterocycles. The monoisotopic (exact) mass is 286 g/mol. The third-order valence-corrected chi connectivity index (χ3v) is 3.18. The Morgan fingerprint density at radius 3 is 2.29 bits per heavy atom. The Hall–Kier alpha value is -2.56. The Kier molecular flexibility index (Phi) is 4.42. The standard InChI is InChI=1S/C16H18N2O3/c1-10-8-14(11(2)21-10)16(20)18-9-12-4-6-13(7-5-12)15(19)17-3/h4-8H,9H2,1-3H3,(H,17,19)(H,18,20). The van der Waals surface area contributed by atoms with Gasteiger partial charge in [0.05, 0.1) is 5.56 Å². The number of hydrogen-bond acceptors (Lipinski definition) is 3. The summed E-state index contributed by atoms with van der Waals surface area (Å²) in [6.45, 7) is 3.97. The second-order valence-corrected chi connectivity index (χ2v) is 4.79. The van der Waals surface area contributed by atoms with Crippen molar-refractivity contribution in [1.82, 2.24) is 10.6 Å². The summed E-state index contributed by atoms with van der Waals surface area (Å²) in [5.41, 5.74) is 2.07. The zero-order valence-electron chi connectivity index (χ0n) is 12.3. The van der Waals surface area contributed by atoms with Crippen molar-refractivity contribution in [3.8, 4) is 0 Å². The highest BCUT2D eigenvalue weighted by molar-refractivity contribution is 5.95. The number of benzene rings is 1. The number of furan rings is 1. The van der Waals surface area contributed by atoms with Crippen LogP contribution in [0.3, 0.4) is 0 Å². The highest BCUT2D eigenvalue weighted by atomic mass is 16.3. The fourth-order valence-electron chi connectivity index (χ4n) is 2.05. The van der Waals surface area contributed by atoms with Gasteiger partial charge in [0.2, 0.25) is 0 Å². The van der Waals surface area contributed by atoms with Gasteiger partial charge in [-0.25, -0.2) is 0 Å². The maximum atomic E-state index is 12.0. The molecule has 21 heavy (non-hydrogen) atoms. The predicted molar refractivity (Wildman–Crippen MR) is 79.2 cm³/mol. The molecule has 0 spiro atoms. The summed E-state index contributed by atoms with van der Waals surface area (Å²) < 4.78 is 5.34. The molecule has 0 aliphatic rings. The highest BCUT2D eigenvalue weighted by Gasteiger charge is 2.13. The van der Waals surface area contributed by atoms with Gasteiger partial charge < -0.3 is 15.1 Å². The van der Waals surface area contributed by atoms with Crippen LogP contribution in [0.1, 0.15) is 37.8 Å². The minimum Gasteiger partial charge on any atom is -0.466 e. The molecule has 0 aliphatic carbocycles. The first-order valence-electron chi connectivity index (χ1n) is 6.67. The van der Waals surface area contributed by atoms with Crippen molar-refractivity contribution in [1.29, 1.82) is 0 Å². The zero-order chi connectivity index (χ0) is 15.4.